The van der Waals surface area contributed by atoms with Crippen LogP contribution in [0.3, 0.4) is 0 Å². The van der Waals surface area contributed by atoms with Crippen LogP contribution in [0.5, 0.6) is 0 Å². The quantitative estimate of drug-likeness (QED) is 0.402. The number of rotatable bonds is 6. The molecule has 3 N–H and O–H groups in total. The molecule has 9 heteroatoms. The predicted octanol–water partition coefficient (Wildman–Crippen LogP) is 5.32. The molecule has 6 nitrogen and oxygen atoms in total. The maximum absolute atomic E-state index is 15.0. The SMILES string of the molecule is CN1CCC(Nc2cccc3c2cc(-c2cc(N)n(-c4ccccc4)n2)n3C(F)C(F)F)CC1. The van der Waals surface area contributed by atoms with Gasteiger partial charge in [-0.25, -0.2) is 17.9 Å². The molecule has 1 aliphatic rings. The number of nitrogens with zero attached hydrogens (tertiary/aromatic N) is 4. The summed E-state index contributed by atoms with van der Waals surface area (Å²) in [5.41, 5.74) is 8.67. The first-order chi connectivity index (χ1) is 16.4. The Morgan fingerprint density at radius 2 is 1.74 bits per heavy atom. The molecule has 0 spiro atoms. The maximum atomic E-state index is 15.0. The van der Waals surface area contributed by atoms with E-state index in [0.29, 0.717) is 22.4 Å². The standard InChI is InChI=1S/C25H27F3N6/c1-32-12-10-16(11-13-32)30-19-8-5-9-21-18(19)14-22(33(21)25(28)24(26)27)20-15-23(29)34(31-20)17-6-3-2-4-7-17/h2-9,14-16,24-25,30H,10-13,29H2,1H3. The fraction of sp³-hybridized carbons (Fsp3) is 0.320. The third kappa shape index (κ3) is 4.11. The lowest BCUT2D eigenvalue weighted by molar-refractivity contribution is 0.0115. The van der Waals surface area contributed by atoms with Crippen molar-refractivity contribution in [1.82, 2.24) is 19.2 Å². The van der Waals surface area contributed by atoms with E-state index >= 15 is 0 Å². The van der Waals surface area contributed by atoms with E-state index in [1.165, 1.54) is 4.68 Å². The van der Waals surface area contributed by atoms with Crippen molar-refractivity contribution in [1.29, 1.82) is 0 Å². The smallest absolute Gasteiger partial charge is 0.288 e. The van der Waals surface area contributed by atoms with Crippen LogP contribution in [0.1, 0.15) is 19.1 Å². The molecule has 1 aliphatic heterocycles. The van der Waals surface area contributed by atoms with Gasteiger partial charge < -0.3 is 20.5 Å². The van der Waals surface area contributed by atoms with Crippen LogP contribution in [0, 0.1) is 0 Å². The highest BCUT2D eigenvalue weighted by Gasteiger charge is 2.28. The molecular weight excluding hydrogens is 441 g/mol. The van der Waals surface area contributed by atoms with Gasteiger partial charge in [-0.05, 0) is 63.3 Å². The van der Waals surface area contributed by atoms with Gasteiger partial charge in [0.15, 0.2) is 0 Å². The van der Waals surface area contributed by atoms with Crippen LogP contribution in [0.4, 0.5) is 24.7 Å². The van der Waals surface area contributed by atoms with Crippen LogP contribution in [0.25, 0.3) is 28.0 Å². The molecule has 4 aromatic rings. The molecule has 1 fully saturated rings. The van der Waals surface area contributed by atoms with Gasteiger partial charge in [0.1, 0.15) is 11.5 Å². The minimum atomic E-state index is -3.19. The minimum absolute atomic E-state index is 0.252. The summed E-state index contributed by atoms with van der Waals surface area (Å²) in [5.74, 6) is 0.329. The van der Waals surface area contributed by atoms with Crippen molar-refractivity contribution in [3.8, 4) is 17.1 Å². The summed E-state index contributed by atoms with van der Waals surface area (Å²) in [5, 5.41) is 8.76. The van der Waals surface area contributed by atoms with E-state index in [9.17, 15) is 13.2 Å². The molecule has 1 saturated heterocycles. The third-order valence-electron chi connectivity index (χ3n) is 6.42. The maximum Gasteiger partial charge on any atom is 0.288 e. The normalized spacial score (nSPS) is 16.4. The van der Waals surface area contributed by atoms with Gasteiger partial charge in [-0.3, -0.25) is 0 Å². The highest BCUT2D eigenvalue weighted by Crippen LogP contribution is 2.38. The van der Waals surface area contributed by atoms with Crippen LogP contribution < -0.4 is 11.1 Å². The topological polar surface area (TPSA) is 64.0 Å². The Bertz CT molecular complexity index is 1270. The molecule has 0 bridgehead atoms. The number of anilines is 2. The van der Waals surface area contributed by atoms with Gasteiger partial charge in [-0.1, -0.05) is 24.3 Å². The number of fused-ring (bicyclic) bond motifs is 1. The second-order valence-corrected chi connectivity index (χ2v) is 8.77. The van der Waals surface area contributed by atoms with Crippen LogP contribution >= 0.6 is 0 Å². The minimum Gasteiger partial charge on any atom is -0.384 e. The molecule has 1 atom stereocenters. The molecule has 0 amide bonds. The first-order valence-electron chi connectivity index (χ1n) is 11.3. The summed E-state index contributed by atoms with van der Waals surface area (Å²) < 4.78 is 44.7. The first-order valence-corrected chi connectivity index (χ1v) is 11.3. The lowest BCUT2D eigenvalue weighted by Gasteiger charge is -2.30. The highest BCUT2D eigenvalue weighted by molar-refractivity contribution is 5.96. The van der Waals surface area contributed by atoms with E-state index in [4.69, 9.17) is 5.73 Å². The Hall–Kier alpha value is -3.46. The summed E-state index contributed by atoms with van der Waals surface area (Å²) in [7, 11) is 2.09. The van der Waals surface area contributed by atoms with Gasteiger partial charge in [-0.15, -0.1) is 0 Å². The molecule has 0 radical (unpaired) electrons. The van der Waals surface area contributed by atoms with E-state index in [0.717, 1.165) is 41.9 Å². The first kappa shape index (κ1) is 22.3. The molecule has 0 aliphatic carbocycles. The lowest BCUT2D eigenvalue weighted by atomic mass is 10.0. The number of nitrogen functional groups attached to an aromatic ring is 1. The average Bonchev–Trinajstić information content (AvgIpc) is 3.42. The molecule has 5 rings (SSSR count). The Kier molecular flexibility index (Phi) is 5.95. The molecular formula is C25H27F3N6. The second kappa shape index (κ2) is 9.06. The van der Waals surface area contributed by atoms with Crippen molar-refractivity contribution >= 4 is 22.4 Å². The predicted molar refractivity (Wildman–Crippen MR) is 129 cm³/mol. The number of nitrogens with one attached hydrogen (secondary N) is 1. The van der Waals surface area contributed by atoms with E-state index in [1.54, 1.807) is 24.3 Å². The number of para-hydroxylation sites is 1. The van der Waals surface area contributed by atoms with Crippen molar-refractivity contribution in [3.63, 3.8) is 0 Å². The van der Waals surface area contributed by atoms with Crippen molar-refractivity contribution in [3.05, 3.63) is 60.7 Å². The molecule has 2 aromatic carbocycles. The van der Waals surface area contributed by atoms with Crippen molar-refractivity contribution < 1.29 is 13.2 Å². The number of hydrogen-bond acceptors (Lipinski definition) is 4. The number of benzene rings is 2. The van der Waals surface area contributed by atoms with Gasteiger partial charge in [0.05, 0.1) is 16.9 Å². The summed E-state index contributed by atoms with van der Waals surface area (Å²) in [6, 6.07) is 18.1. The van der Waals surface area contributed by atoms with E-state index in [1.807, 2.05) is 36.4 Å². The summed E-state index contributed by atoms with van der Waals surface area (Å²) >= 11 is 0. The Balaban J connectivity index is 1.61. The van der Waals surface area contributed by atoms with Crippen molar-refractivity contribution in [2.45, 2.75) is 31.6 Å². The molecule has 1 unspecified atom stereocenters. The van der Waals surface area contributed by atoms with Crippen LogP contribution in [-0.2, 0) is 0 Å². The number of hydrogen-bond donors (Lipinski definition) is 2. The summed E-state index contributed by atoms with van der Waals surface area (Å²) in [6.07, 6.45) is -3.76. The van der Waals surface area contributed by atoms with E-state index < -0.39 is 12.7 Å². The van der Waals surface area contributed by atoms with Gasteiger partial charge in [0.2, 0.25) is 6.30 Å². The van der Waals surface area contributed by atoms with Crippen LogP contribution in [-0.4, -0.2) is 51.9 Å². The molecule has 34 heavy (non-hydrogen) atoms. The number of alkyl halides is 3. The average molecular weight is 469 g/mol. The lowest BCUT2D eigenvalue weighted by Crippen LogP contribution is -2.36. The number of halogens is 3. The molecule has 3 heterocycles. The monoisotopic (exact) mass is 468 g/mol. The van der Waals surface area contributed by atoms with Crippen molar-refractivity contribution in [2.75, 3.05) is 31.2 Å². The third-order valence-corrected chi connectivity index (χ3v) is 6.42. The molecule has 2 aromatic heterocycles. The van der Waals surface area contributed by atoms with E-state index in [-0.39, 0.29) is 11.7 Å². The fourth-order valence-corrected chi connectivity index (χ4v) is 4.62. The van der Waals surface area contributed by atoms with Crippen molar-refractivity contribution in [2.24, 2.45) is 0 Å². The zero-order chi connectivity index (χ0) is 23.8. The van der Waals surface area contributed by atoms with Gasteiger partial charge in [0.25, 0.3) is 6.43 Å². The Labute approximate surface area is 195 Å². The number of aromatic nitrogens is 3. The van der Waals surface area contributed by atoms with Gasteiger partial charge in [0, 0.05) is 23.2 Å². The summed E-state index contributed by atoms with van der Waals surface area (Å²) in [4.78, 5) is 2.27. The number of nitrogens with two attached hydrogens (primary N) is 1. The Morgan fingerprint density at radius 3 is 2.44 bits per heavy atom. The number of piperidine rings is 1. The van der Waals surface area contributed by atoms with Gasteiger partial charge >= 0.3 is 0 Å². The molecule has 0 saturated carbocycles. The number of likely N-dealkylation sites (tertiary alicyclic amines) is 1. The van der Waals surface area contributed by atoms with Crippen LogP contribution in [0.15, 0.2) is 60.7 Å². The zero-order valence-corrected chi connectivity index (χ0v) is 18.8. The fourth-order valence-electron chi connectivity index (χ4n) is 4.62. The highest BCUT2D eigenvalue weighted by atomic mass is 19.3. The molecule has 178 valence electrons. The van der Waals surface area contributed by atoms with Gasteiger partial charge in [-0.2, -0.15) is 5.10 Å². The summed E-state index contributed by atoms with van der Waals surface area (Å²) in [6.45, 7) is 1.96. The Morgan fingerprint density at radius 1 is 1.00 bits per heavy atom. The largest absolute Gasteiger partial charge is 0.384 e. The second-order valence-electron chi connectivity index (χ2n) is 8.77. The van der Waals surface area contributed by atoms with Crippen LogP contribution in [0.2, 0.25) is 0 Å². The van der Waals surface area contributed by atoms with E-state index in [2.05, 4.69) is 22.4 Å². The zero-order valence-electron chi connectivity index (χ0n) is 18.8.